The lowest BCUT2D eigenvalue weighted by Gasteiger charge is -2.27. The van der Waals surface area contributed by atoms with E-state index >= 15 is 0 Å². The molecule has 1 fully saturated rings. The fourth-order valence-electron chi connectivity index (χ4n) is 5.45. The zero-order valence-corrected chi connectivity index (χ0v) is 24.1. The van der Waals surface area contributed by atoms with Gasteiger partial charge in [0.05, 0.1) is 29.8 Å². The van der Waals surface area contributed by atoms with Crippen LogP contribution in [0.4, 0.5) is 15.9 Å². The van der Waals surface area contributed by atoms with E-state index in [0.717, 1.165) is 50.4 Å². The molecule has 5 aromatic rings. The van der Waals surface area contributed by atoms with Crippen molar-refractivity contribution in [1.82, 2.24) is 24.6 Å². The average Bonchev–Trinajstić information content (AvgIpc) is 3.59. The molecule has 1 aliphatic carbocycles. The van der Waals surface area contributed by atoms with Crippen molar-refractivity contribution in [1.29, 1.82) is 0 Å². The monoisotopic (exact) mass is 604 g/mol. The summed E-state index contributed by atoms with van der Waals surface area (Å²) in [5.41, 5.74) is 4.76. The molecule has 0 spiro atoms. The molecule has 4 heterocycles. The summed E-state index contributed by atoms with van der Waals surface area (Å²) in [5, 5.41) is 9.41. The SMILES string of the molecule is O=C(Cn1ncc2c1CCc1c-2sc2ncnc(Nc3ccc(OCc4cccc(F)c4)c(Cl)c3)c12)N1CCOCC1. The lowest BCUT2D eigenvalue weighted by atomic mass is 9.95. The molecule has 9 nitrogen and oxygen atoms in total. The summed E-state index contributed by atoms with van der Waals surface area (Å²) in [6, 6.07) is 11.7. The number of halogens is 2. The molecule has 1 aliphatic heterocycles. The van der Waals surface area contributed by atoms with Gasteiger partial charge in [-0.05, 0) is 54.3 Å². The number of benzene rings is 2. The van der Waals surface area contributed by atoms with Crippen LogP contribution in [0.15, 0.2) is 55.0 Å². The van der Waals surface area contributed by atoms with Gasteiger partial charge in [-0.15, -0.1) is 11.3 Å². The maximum absolute atomic E-state index is 13.5. The Labute approximate surface area is 249 Å². The first-order valence-corrected chi connectivity index (χ1v) is 14.8. The van der Waals surface area contributed by atoms with Crippen LogP contribution in [0.5, 0.6) is 5.75 Å². The average molecular weight is 605 g/mol. The van der Waals surface area contributed by atoms with E-state index in [1.807, 2.05) is 21.8 Å². The number of nitrogens with one attached hydrogen (secondary N) is 1. The Kier molecular flexibility index (Phi) is 7.22. The number of hydrogen-bond acceptors (Lipinski definition) is 8. The fourth-order valence-corrected chi connectivity index (χ4v) is 6.90. The third-order valence-corrected chi connectivity index (χ3v) is 8.99. The largest absolute Gasteiger partial charge is 0.487 e. The Hall–Kier alpha value is -4.06. The van der Waals surface area contributed by atoms with Crippen molar-refractivity contribution >= 4 is 50.6 Å². The highest BCUT2D eigenvalue weighted by molar-refractivity contribution is 7.22. The number of anilines is 2. The summed E-state index contributed by atoms with van der Waals surface area (Å²) in [7, 11) is 0. The second-order valence-electron chi connectivity index (χ2n) is 10.2. The lowest BCUT2D eigenvalue weighted by molar-refractivity contribution is -0.136. The molecular formula is C30H26ClFN6O3S. The van der Waals surface area contributed by atoms with Crippen LogP contribution >= 0.6 is 22.9 Å². The Morgan fingerprint density at radius 3 is 2.86 bits per heavy atom. The van der Waals surface area contributed by atoms with Gasteiger partial charge in [-0.1, -0.05) is 23.7 Å². The predicted octanol–water partition coefficient (Wildman–Crippen LogP) is 5.63. The maximum Gasteiger partial charge on any atom is 0.244 e. The number of hydrogen-bond donors (Lipinski definition) is 1. The maximum atomic E-state index is 13.5. The second-order valence-corrected chi connectivity index (χ2v) is 11.6. The van der Waals surface area contributed by atoms with E-state index in [0.29, 0.717) is 42.9 Å². The first-order valence-electron chi connectivity index (χ1n) is 13.6. The van der Waals surface area contributed by atoms with Gasteiger partial charge in [-0.3, -0.25) is 9.48 Å². The molecule has 1 amide bonds. The molecule has 2 aromatic carbocycles. The fraction of sp³-hybridized carbons (Fsp3) is 0.267. The summed E-state index contributed by atoms with van der Waals surface area (Å²) in [6.45, 7) is 2.82. The van der Waals surface area contributed by atoms with E-state index in [4.69, 9.17) is 21.1 Å². The Morgan fingerprint density at radius 2 is 2.02 bits per heavy atom. The van der Waals surface area contributed by atoms with Crippen molar-refractivity contribution in [2.75, 3.05) is 31.6 Å². The number of aromatic nitrogens is 4. The zero-order chi connectivity index (χ0) is 28.6. The number of carbonyl (C=O) groups is 1. The van der Waals surface area contributed by atoms with Crippen LogP contribution in [0.1, 0.15) is 16.8 Å². The highest BCUT2D eigenvalue weighted by Crippen LogP contribution is 2.45. The standard InChI is InChI=1S/C30H26ClFN6O3S/c31-23-13-20(4-7-25(23)41-16-18-2-1-3-19(32)12-18)36-29-27-21-5-6-24-22(28(21)42-30(27)34-17-33-29)14-35-38(24)15-26(39)37-8-10-40-11-9-37/h1-4,7,12-14,17H,5-6,8-11,15-16H2,(H,33,34,36). The quantitative estimate of drug-likeness (QED) is 0.257. The van der Waals surface area contributed by atoms with E-state index in [9.17, 15) is 9.18 Å². The topological polar surface area (TPSA) is 94.4 Å². The molecule has 2 aliphatic rings. The number of morpholine rings is 1. The summed E-state index contributed by atoms with van der Waals surface area (Å²) in [6.07, 6.45) is 4.96. The molecule has 0 atom stereocenters. The number of rotatable bonds is 7. The van der Waals surface area contributed by atoms with Crippen LogP contribution in [0.3, 0.4) is 0 Å². The Morgan fingerprint density at radius 1 is 1.14 bits per heavy atom. The van der Waals surface area contributed by atoms with Crippen LogP contribution in [-0.4, -0.2) is 56.9 Å². The van der Waals surface area contributed by atoms with Crippen LogP contribution in [-0.2, 0) is 35.5 Å². The molecule has 0 bridgehead atoms. The number of aryl methyl sites for hydroxylation is 1. The summed E-state index contributed by atoms with van der Waals surface area (Å²) < 4.78 is 26.5. The van der Waals surface area contributed by atoms with Crippen molar-refractivity contribution in [2.45, 2.75) is 26.0 Å². The van der Waals surface area contributed by atoms with Crippen molar-refractivity contribution in [3.05, 3.63) is 82.6 Å². The van der Waals surface area contributed by atoms with E-state index in [2.05, 4.69) is 20.4 Å². The van der Waals surface area contributed by atoms with Gasteiger partial charge in [0.2, 0.25) is 5.91 Å². The van der Waals surface area contributed by atoms with Crippen LogP contribution in [0.25, 0.3) is 20.7 Å². The van der Waals surface area contributed by atoms with Crippen molar-refractivity contribution in [3.63, 3.8) is 0 Å². The molecule has 12 heteroatoms. The number of amides is 1. The zero-order valence-electron chi connectivity index (χ0n) is 22.5. The summed E-state index contributed by atoms with van der Waals surface area (Å²) in [4.78, 5) is 25.8. The molecule has 1 saturated heterocycles. The second kappa shape index (κ2) is 11.3. The Balaban J connectivity index is 1.11. The van der Waals surface area contributed by atoms with Gasteiger partial charge >= 0.3 is 0 Å². The molecule has 0 unspecified atom stereocenters. The van der Waals surface area contributed by atoms with Gasteiger partial charge in [0, 0.05) is 34.9 Å². The minimum Gasteiger partial charge on any atom is -0.487 e. The molecule has 3 aromatic heterocycles. The molecule has 0 radical (unpaired) electrons. The normalized spacial score (nSPS) is 14.5. The molecular weight excluding hydrogens is 579 g/mol. The third kappa shape index (κ3) is 5.19. The van der Waals surface area contributed by atoms with Gasteiger partial charge in [0.1, 0.15) is 41.7 Å². The highest BCUT2D eigenvalue weighted by Gasteiger charge is 2.28. The van der Waals surface area contributed by atoms with Crippen molar-refractivity contribution in [3.8, 4) is 16.2 Å². The first-order chi connectivity index (χ1) is 20.5. The smallest absolute Gasteiger partial charge is 0.244 e. The number of carbonyl (C=O) groups excluding carboxylic acids is 1. The Bertz CT molecular complexity index is 1800. The number of fused-ring (bicyclic) bond motifs is 5. The third-order valence-electron chi connectivity index (χ3n) is 7.52. The number of nitrogens with zero attached hydrogens (tertiary/aromatic N) is 5. The number of thiophene rings is 1. The summed E-state index contributed by atoms with van der Waals surface area (Å²) in [5.74, 6) is 0.953. The van der Waals surface area contributed by atoms with Gasteiger partial charge in [-0.25, -0.2) is 14.4 Å². The predicted molar refractivity (Wildman–Crippen MR) is 159 cm³/mol. The van der Waals surface area contributed by atoms with Gasteiger partial charge < -0.3 is 19.7 Å². The van der Waals surface area contributed by atoms with Gasteiger partial charge in [0.15, 0.2) is 0 Å². The van der Waals surface area contributed by atoms with E-state index in [-0.39, 0.29) is 24.9 Å². The molecule has 1 N–H and O–H groups in total. The van der Waals surface area contributed by atoms with Crippen LogP contribution < -0.4 is 10.1 Å². The summed E-state index contributed by atoms with van der Waals surface area (Å²) >= 11 is 8.15. The lowest BCUT2D eigenvalue weighted by Crippen LogP contribution is -2.42. The van der Waals surface area contributed by atoms with Gasteiger partial charge in [0.25, 0.3) is 0 Å². The first kappa shape index (κ1) is 26.8. The molecule has 0 saturated carbocycles. The van der Waals surface area contributed by atoms with E-state index in [1.54, 1.807) is 41.9 Å². The van der Waals surface area contributed by atoms with Crippen molar-refractivity contribution < 1.29 is 18.7 Å². The molecule has 214 valence electrons. The molecule has 42 heavy (non-hydrogen) atoms. The van der Waals surface area contributed by atoms with Crippen LogP contribution in [0, 0.1) is 5.82 Å². The van der Waals surface area contributed by atoms with E-state index in [1.165, 1.54) is 17.7 Å². The van der Waals surface area contributed by atoms with Gasteiger partial charge in [-0.2, -0.15) is 5.10 Å². The highest BCUT2D eigenvalue weighted by atomic mass is 35.5. The van der Waals surface area contributed by atoms with Crippen LogP contribution in [0.2, 0.25) is 5.02 Å². The minimum atomic E-state index is -0.308. The van der Waals surface area contributed by atoms with E-state index < -0.39 is 0 Å². The number of ether oxygens (including phenoxy) is 2. The molecule has 7 rings (SSSR count). The minimum absolute atomic E-state index is 0.0627. The van der Waals surface area contributed by atoms with Crippen molar-refractivity contribution in [2.24, 2.45) is 0 Å².